The number of hydrogen-bond donors (Lipinski definition) is 2. The van der Waals surface area contributed by atoms with E-state index in [9.17, 15) is 0 Å². The Hall–Kier alpha value is -1.02. The van der Waals surface area contributed by atoms with Crippen LogP contribution in [-0.2, 0) is 6.42 Å². The van der Waals surface area contributed by atoms with E-state index in [1.54, 1.807) is 0 Å². The Balaban J connectivity index is 3.10. The van der Waals surface area contributed by atoms with E-state index in [0.29, 0.717) is 5.92 Å². The number of hydrogen-bond acceptors (Lipinski definition) is 2. The maximum Gasteiger partial charge on any atom is 0.0321 e. The molecule has 1 atom stereocenters. The molecule has 0 bridgehead atoms. The summed E-state index contributed by atoms with van der Waals surface area (Å²) in [6.07, 6.45) is 1.01. The lowest BCUT2D eigenvalue weighted by Crippen LogP contribution is -2.18. The quantitative estimate of drug-likeness (QED) is 0.723. The molecule has 78 valence electrons. The molecule has 0 aliphatic rings. The van der Waals surface area contributed by atoms with Crippen LogP contribution in [0.5, 0.6) is 0 Å². The molecule has 2 nitrogen and oxygen atoms in total. The first-order valence-corrected chi connectivity index (χ1v) is 5.20. The average molecular weight is 192 g/mol. The van der Waals surface area contributed by atoms with Crippen molar-refractivity contribution in [2.75, 3.05) is 5.73 Å². The summed E-state index contributed by atoms with van der Waals surface area (Å²) < 4.78 is 0. The molecule has 0 radical (unpaired) electrons. The Morgan fingerprint density at radius 1 is 1.29 bits per heavy atom. The van der Waals surface area contributed by atoms with Crippen molar-refractivity contribution in [3.63, 3.8) is 0 Å². The predicted octanol–water partition coefficient (Wildman–Crippen LogP) is 2.49. The van der Waals surface area contributed by atoms with E-state index in [1.807, 2.05) is 12.1 Å². The highest BCUT2D eigenvalue weighted by atomic mass is 14.6. The summed E-state index contributed by atoms with van der Waals surface area (Å²) >= 11 is 0. The van der Waals surface area contributed by atoms with Crippen LogP contribution in [0.3, 0.4) is 0 Å². The number of nitrogens with two attached hydrogens (primary N) is 2. The first-order chi connectivity index (χ1) is 6.56. The zero-order valence-corrected chi connectivity index (χ0v) is 9.25. The summed E-state index contributed by atoms with van der Waals surface area (Å²) in [4.78, 5) is 0. The molecule has 0 fully saturated rings. The summed E-state index contributed by atoms with van der Waals surface area (Å²) in [5.74, 6) is 0.446. The van der Waals surface area contributed by atoms with Crippen LogP contribution in [-0.4, -0.2) is 0 Å². The van der Waals surface area contributed by atoms with E-state index in [2.05, 4.69) is 26.8 Å². The lowest BCUT2D eigenvalue weighted by atomic mass is 9.91. The summed E-state index contributed by atoms with van der Waals surface area (Å²) in [6, 6.07) is 6.11. The fraction of sp³-hybridized carbons (Fsp3) is 0.500. The van der Waals surface area contributed by atoms with Crippen molar-refractivity contribution in [3.8, 4) is 0 Å². The van der Waals surface area contributed by atoms with Crippen molar-refractivity contribution in [1.29, 1.82) is 0 Å². The van der Waals surface area contributed by atoms with Gasteiger partial charge in [0.1, 0.15) is 0 Å². The monoisotopic (exact) mass is 192 g/mol. The number of aryl methyl sites for hydroxylation is 1. The van der Waals surface area contributed by atoms with Gasteiger partial charge in [0.2, 0.25) is 0 Å². The Morgan fingerprint density at radius 3 is 2.43 bits per heavy atom. The van der Waals surface area contributed by atoms with Gasteiger partial charge < -0.3 is 11.5 Å². The van der Waals surface area contributed by atoms with E-state index >= 15 is 0 Å². The van der Waals surface area contributed by atoms with Gasteiger partial charge in [0.05, 0.1) is 0 Å². The van der Waals surface area contributed by atoms with E-state index in [0.717, 1.165) is 12.1 Å². The molecule has 1 aromatic rings. The van der Waals surface area contributed by atoms with E-state index < -0.39 is 0 Å². The highest BCUT2D eigenvalue weighted by molar-refractivity contribution is 5.46. The van der Waals surface area contributed by atoms with Crippen molar-refractivity contribution in [2.24, 2.45) is 11.7 Å². The third-order valence-electron chi connectivity index (χ3n) is 2.63. The second-order valence-electron chi connectivity index (χ2n) is 4.08. The number of anilines is 1. The Kier molecular flexibility index (Phi) is 3.53. The van der Waals surface area contributed by atoms with Gasteiger partial charge >= 0.3 is 0 Å². The van der Waals surface area contributed by atoms with Crippen LogP contribution in [0.2, 0.25) is 0 Å². The summed E-state index contributed by atoms with van der Waals surface area (Å²) in [6.45, 7) is 6.41. The van der Waals surface area contributed by atoms with Gasteiger partial charge in [-0.1, -0.05) is 26.8 Å². The lowest BCUT2D eigenvalue weighted by Gasteiger charge is -2.19. The SMILES string of the molecule is CCc1ccc(N)cc1C(N)C(C)C. The maximum atomic E-state index is 6.13. The van der Waals surface area contributed by atoms with Crippen molar-refractivity contribution in [1.82, 2.24) is 0 Å². The van der Waals surface area contributed by atoms with Gasteiger partial charge in [-0.3, -0.25) is 0 Å². The average Bonchev–Trinajstić information content (AvgIpc) is 2.16. The van der Waals surface area contributed by atoms with Gasteiger partial charge in [-0.25, -0.2) is 0 Å². The standard InChI is InChI=1S/C12H20N2/c1-4-9-5-6-10(13)7-11(9)12(14)8(2)3/h5-8,12H,4,13-14H2,1-3H3. The molecule has 1 rings (SSSR count). The highest BCUT2D eigenvalue weighted by Crippen LogP contribution is 2.25. The van der Waals surface area contributed by atoms with E-state index in [4.69, 9.17) is 11.5 Å². The molecule has 0 aliphatic heterocycles. The smallest absolute Gasteiger partial charge is 0.0321 e. The first kappa shape index (κ1) is 11.1. The number of benzene rings is 1. The summed E-state index contributed by atoms with van der Waals surface area (Å²) in [5, 5.41) is 0. The largest absolute Gasteiger partial charge is 0.399 e. The Bertz CT molecular complexity index is 305. The molecular formula is C12H20N2. The third-order valence-corrected chi connectivity index (χ3v) is 2.63. The Labute approximate surface area is 86.3 Å². The molecule has 0 spiro atoms. The van der Waals surface area contributed by atoms with Gasteiger partial charge in [-0.2, -0.15) is 0 Å². The molecule has 0 saturated carbocycles. The predicted molar refractivity (Wildman–Crippen MR) is 62.0 cm³/mol. The van der Waals surface area contributed by atoms with Gasteiger partial charge in [0.15, 0.2) is 0 Å². The van der Waals surface area contributed by atoms with Crippen LogP contribution in [0.1, 0.15) is 37.9 Å². The van der Waals surface area contributed by atoms with Crippen LogP contribution in [0.4, 0.5) is 5.69 Å². The normalized spacial score (nSPS) is 13.2. The van der Waals surface area contributed by atoms with Crippen LogP contribution in [0.25, 0.3) is 0 Å². The molecule has 0 heterocycles. The second kappa shape index (κ2) is 4.47. The van der Waals surface area contributed by atoms with Crippen LogP contribution in [0.15, 0.2) is 18.2 Å². The van der Waals surface area contributed by atoms with Gasteiger partial charge in [-0.15, -0.1) is 0 Å². The minimum absolute atomic E-state index is 0.0912. The third kappa shape index (κ3) is 2.26. The molecule has 0 amide bonds. The van der Waals surface area contributed by atoms with Crippen molar-refractivity contribution < 1.29 is 0 Å². The molecule has 2 heteroatoms. The lowest BCUT2D eigenvalue weighted by molar-refractivity contribution is 0.511. The summed E-state index contributed by atoms with van der Waals surface area (Å²) in [5.41, 5.74) is 15.2. The van der Waals surface area contributed by atoms with Gasteiger partial charge in [-0.05, 0) is 35.6 Å². The molecule has 1 aromatic carbocycles. The highest BCUT2D eigenvalue weighted by Gasteiger charge is 2.13. The molecule has 0 aliphatic carbocycles. The van der Waals surface area contributed by atoms with Crippen molar-refractivity contribution >= 4 is 5.69 Å². The molecule has 0 saturated heterocycles. The molecular weight excluding hydrogens is 172 g/mol. The molecule has 1 unspecified atom stereocenters. The van der Waals surface area contributed by atoms with Crippen LogP contribution in [0, 0.1) is 5.92 Å². The maximum absolute atomic E-state index is 6.13. The van der Waals surface area contributed by atoms with Gasteiger partial charge in [0.25, 0.3) is 0 Å². The van der Waals surface area contributed by atoms with Crippen molar-refractivity contribution in [2.45, 2.75) is 33.2 Å². The summed E-state index contributed by atoms with van der Waals surface area (Å²) in [7, 11) is 0. The zero-order chi connectivity index (χ0) is 10.7. The first-order valence-electron chi connectivity index (χ1n) is 5.20. The van der Waals surface area contributed by atoms with Crippen LogP contribution >= 0.6 is 0 Å². The molecule has 4 N–H and O–H groups in total. The number of rotatable bonds is 3. The Morgan fingerprint density at radius 2 is 1.93 bits per heavy atom. The zero-order valence-electron chi connectivity index (χ0n) is 9.25. The van der Waals surface area contributed by atoms with Crippen LogP contribution < -0.4 is 11.5 Å². The topological polar surface area (TPSA) is 52.0 Å². The second-order valence-corrected chi connectivity index (χ2v) is 4.08. The van der Waals surface area contributed by atoms with Gasteiger partial charge in [0, 0.05) is 11.7 Å². The fourth-order valence-corrected chi connectivity index (χ4v) is 1.60. The fourth-order valence-electron chi connectivity index (χ4n) is 1.60. The minimum Gasteiger partial charge on any atom is -0.399 e. The minimum atomic E-state index is 0.0912. The van der Waals surface area contributed by atoms with E-state index in [-0.39, 0.29) is 6.04 Å². The number of nitrogen functional groups attached to an aromatic ring is 1. The molecule has 0 aromatic heterocycles. The van der Waals surface area contributed by atoms with E-state index in [1.165, 1.54) is 11.1 Å². The molecule has 14 heavy (non-hydrogen) atoms. The van der Waals surface area contributed by atoms with Crippen molar-refractivity contribution in [3.05, 3.63) is 29.3 Å².